The van der Waals surface area contributed by atoms with E-state index in [1.165, 1.54) is 11.3 Å². The van der Waals surface area contributed by atoms with Crippen LogP contribution in [0.3, 0.4) is 0 Å². The monoisotopic (exact) mass is 242 g/mol. The second-order valence-corrected chi connectivity index (χ2v) is 5.97. The summed E-state index contributed by atoms with van der Waals surface area (Å²) in [5.74, 6) is 0.261. The Morgan fingerprint density at radius 3 is 2.56 bits per heavy atom. The van der Waals surface area contributed by atoms with Gasteiger partial charge in [0.15, 0.2) is 0 Å². The topological polar surface area (TPSA) is 80.9 Å². The predicted octanol–water partition coefficient (Wildman–Crippen LogP) is 2.13. The van der Waals surface area contributed by atoms with Gasteiger partial charge in [0.1, 0.15) is 0 Å². The summed E-state index contributed by atoms with van der Waals surface area (Å²) in [7, 11) is 0. The average molecular weight is 242 g/mol. The number of rotatable bonds is 3. The summed E-state index contributed by atoms with van der Waals surface area (Å²) in [4.78, 5) is 11.7. The lowest BCUT2D eigenvalue weighted by molar-refractivity contribution is -0.117. The van der Waals surface area contributed by atoms with Gasteiger partial charge < -0.3 is 11.1 Å². The number of carbonyl (C=O) groups excluding carboxylic acids is 1. The van der Waals surface area contributed by atoms with E-state index in [0.29, 0.717) is 22.6 Å². The molecule has 1 atom stereocenters. The van der Waals surface area contributed by atoms with Crippen LogP contribution in [0.1, 0.15) is 34.1 Å². The quantitative estimate of drug-likeness (QED) is 0.850. The molecule has 1 rings (SSSR count). The van der Waals surface area contributed by atoms with Gasteiger partial charge in [-0.3, -0.25) is 4.79 Å². The van der Waals surface area contributed by atoms with Crippen LogP contribution in [0.15, 0.2) is 0 Å². The van der Waals surface area contributed by atoms with Crippen molar-refractivity contribution in [3.63, 3.8) is 0 Å². The summed E-state index contributed by atoms with van der Waals surface area (Å²) in [6.07, 6.45) is 0.475. The molecule has 6 heteroatoms. The van der Waals surface area contributed by atoms with Gasteiger partial charge in [0.2, 0.25) is 16.2 Å². The first-order valence-electron chi connectivity index (χ1n) is 5.18. The van der Waals surface area contributed by atoms with E-state index in [0.717, 1.165) is 0 Å². The summed E-state index contributed by atoms with van der Waals surface area (Å²) >= 11 is 1.17. The van der Waals surface area contributed by atoms with E-state index in [1.54, 1.807) is 0 Å². The third-order valence-electron chi connectivity index (χ3n) is 2.66. The number of carbonyl (C=O) groups is 1. The fourth-order valence-corrected chi connectivity index (χ4v) is 1.57. The molecule has 16 heavy (non-hydrogen) atoms. The van der Waals surface area contributed by atoms with Crippen molar-refractivity contribution >= 4 is 27.5 Å². The molecule has 0 saturated carbocycles. The molecular formula is C10H18N4OS. The predicted molar refractivity (Wildman–Crippen MR) is 66.2 cm³/mol. The molecular weight excluding hydrogens is 224 g/mol. The fraction of sp³-hybridized carbons (Fsp3) is 0.700. The molecule has 0 fully saturated rings. The Balaban J connectivity index is 2.48. The average Bonchev–Trinajstić information content (AvgIpc) is 2.49. The molecule has 0 aliphatic rings. The number of nitrogens with one attached hydrogen (secondary N) is 1. The van der Waals surface area contributed by atoms with Crippen LogP contribution in [0.4, 0.5) is 10.3 Å². The third-order valence-corrected chi connectivity index (χ3v) is 3.32. The van der Waals surface area contributed by atoms with Crippen molar-refractivity contribution in [3.05, 3.63) is 0 Å². The second-order valence-electron chi connectivity index (χ2n) is 4.96. The summed E-state index contributed by atoms with van der Waals surface area (Å²) in [6, 6.07) is 0. The molecule has 0 aliphatic heterocycles. The molecule has 1 aromatic heterocycles. The van der Waals surface area contributed by atoms with E-state index in [4.69, 9.17) is 5.73 Å². The zero-order chi connectivity index (χ0) is 12.3. The van der Waals surface area contributed by atoms with Crippen molar-refractivity contribution in [2.45, 2.75) is 34.1 Å². The summed E-state index contributed by atoms with van der Waals surface area (Å²) in [5.41, 5.74) is 5.54. The smallest absolute Gasteiger partial charge is 0.226 e. The molecule has 0 saturated heterocycles. The second kappa shape index (κ2) is 4.78. The van der Waals surface area contributed by atoms with Crippen LogP contribution >= 0.6 is 11.3 Å². The van der Waals surface area contributed by atoms with Crippen LogP contribution in [-0.2, 0) is 4.79 Å². The lowest BCUT2D eigenvalue weighted by atomic mass is 9.80. The molecule has 0 radical (unpaired) electrons. The van der Waals surface area contributed by atoms with Crippen LogP contribution in [0.25, 0.3) is 0 Å². The summed E-state index contributed by atoms with van der Waals surface area (Å²) in [6.45, 7) is 8.42. The standard InChI is InChI=1S/C10H18N4OS/c1-6(10(2,3)4)5-7(15)12-9-14-13-8(11)16-9/h6H,5H2,1-4H3,(H2,11,13)(H,12,14,15). The van der Waals surface area contributed by atoms with Crippen molar-refractivity contribution in [2.75, 3.05) is 11.1 Å². The van der Waals surface area contributed by atoms with Crippen LogP contribution < -0.4 is 11.1 Å². The number of aromatic nitrogens is 2. The van der Waals surface area contributed by atoms with Gasteiger partial charge in [0.25, 0.3) is 0 Å². The zero-order valence-corrected chi connectivity index (χ0v) is 10.9. The van der Waals surface area contributed by atoms with Crippen molar-refractivity contribution in [1.29, 1.82) is 0 Å². The number of hydrogen-bond donors (Lipinski definition) is 2. The lowest BCUT2D eigenvalue weighted by Gasteiger charge is -2.26. The minimum absolute atomic E-state index is 0.0430. The molecule has 0 aromatic carbocycles. The van der Waals surface area contributed by atoms with Gasteiger partial charge in [0, 0.05) is 6.42 Å². The summed E-state index contributed by atoms with van der Waals surface area (Å²) in [5, 5.41) is 10.9. The third kappa shape index (κ3) is 3.77. The molecule has 0 bridgehead atoms. The van der Waals surface area contributed by atoms with Crippen molar-refractivity contribution in [2.24, 2.45) is 11.3 Å². The van der Waals surface area contributed by atoms with Crippen molar-refractivity contribution in [1.82, 2.24) is 10.2 Å². The molecule has 0 aliphatic carbocycles. The first-order chi connectivity index (χ1) is 7.29. The highest BCUT2D eigenvalue weighted by Crippen LogP contribution is 2.28. The first kappa shape index (κ1) is 12.9. The highest BCUT2D eigenvalue weighted by molar-refractivity contribution is 7.18. The first-order valence-corrected chi connectivity index (χ1v) is 5.99. The molecule has 1 unspecified atom stereocenters. The highest BCUT2D eigenvalue weighted by atomic mass is 32.1. The maximum Gasteiger partial charge on any atom is 0.226 e. The Hall–Kier alpha value is -1.17. The van der Waals surface area contributed by atoms with Gasteiger partial charge in [-0.1, -0.05) is 39.0 Å². The Kier molecular flexibility index (Phi) is 3.85. The summed E-state index contributed by atoms with van der Waals surface area (Å²) < 4.78 is 0. The van der Waals surface area contributed by atoms with Crippen molar-refractivity contribution in [3.8, 4) is 0 Å². The SMILES string of the molecule is CC(CC(=O)Nc1nnc(N)s1)C(C)(C)C. The van der Waals surface area contributed by atoms with Gasteiger partial charge in [0.05, 0.1) is 0 Å². The number of anilines is 2. The normalized spacial score (nSPS) is 13.5. The maximum atomic E-state index is 11.7. The van der Waals surface area contributed by atoms with Gasteiger partial charge in [-0.2, -0.15) is 0 Å². The van der Waals surface area contributed by atoms with E-state index in [-0.39, 0.29) is 11.3 Å². The van der Waals surface area contributed by atoms with Gasteiger partial charge in [-0.25, -0.2) is 0 Å². The maximum absolute atomic E-state index is 11.7. The lowest BCUT2D eigenvalue weighted by Crippen LogP contribution is -2.23. The number of amides is 1. The molecule has 0 spiro atoms. The largest absolute Gasteiger partial charge is 0.374 e. The Bertz CT molecular complexity index is 369. The Morgan fingerprint density at radius 2 is 2.12 bits per heavy atom. The molecule has 5 nitrogen and oxygen atoms in total. The molecule has 1 heterocycles. The fourth-order valence-electron chi connectivity index (χ4n) is 1.04. The molecule has 90 valence electrons. The van der Waals surface area contributed by atoms with Gasteiger partial charge >= 0.3 is 0 Å². The van der Waals surface area contributed by atoms with Crippen molar-refractivity contribution < 1.29 is 4.79 Å². The van der Waals surface area contributed by atoms with E-state index in [1.807, 2.05) is 0 Å². The van der Waals surface area contributed by atoms with Gasteiger partial charge in [-0.15, -0.1) is 10.2 Å². The molecule has 1 amide bonds. The molecule has 3 N–H and O–H groups in total. The number of nitrogen functional groups attached to an aromatic ring is 1. The van der Waals surface area contributed by atoms with Crippen LogP contribution in [0.2, 0.25) is 0 Å². The number of nitrogens with zero attached hydrogens (tertiary/aromatic N) is 2. The zero-order valence-electron chi connectivity index (χ0n) is 10.1. The van der Waals surface area contributed by atoms with E-state index in [2.05, 4.69) is 43.2 Å². The number of hydrogen-bond acceptors (Lipinski definition) is 5. The Morgan fingerprint density at radius 1 is 1.50 bits per heavy atom. The molecule has 1 aromatic rings. The minimum Gasteiger partial charge on any atom is -0.374 e. The van der Waals surface area contributed by atoms with Crippen LogP contribution in [0, 0.1) is 11.3 Å². The van der Waals surface area contributed by atoms with E-state index in [9.17, 15) is 4.79 Å². The van der Waals surface area contributed by atoms with Gasteiger partial charge in [-0.05, 0) is 11.3 Å². The van der Waals surface area contributed by atoms with Crippen LogP contribution in [-0.4, -0.2) is 16.1 Å². The Labute approximate surface area is 99.5 Å². The van der Waals surface area contributed by atoms with Crippen LogP contribution in [0.5, 0.6) is 0 Å². The highest BCUT2D eigenvalue weighted by Gasteiger charge is 2.22. The number of nitrogens with two attached hydrogens (primary N) is 1. The van der Waals surface area contributed by atoms with E-state index < -0.39 is 0 Å². The minimum atomic E-state index is -0.0430. The van der Waals surface area contributed by atoms with E-state index >= 15 is 0 Å².